The van der Waals surface area contributed by atoms with Gasteiger partial charge < -0.3 is 9.47 Å². The summed E-state index contributed by atoms with van der Waals surface area (Å²) in [6.07, 6.45) is 5.26. The van der Waals surface area contributed by atoms with Crippen molar-refractivity contribution >= 4 is 0 Å². The van der Waals surface area contributed by atoms with Gasteiger partial charge in [0.15, 0.2) is 18.2 Å². The number of fused-ring (bicyclic) bond motifs is 2. The molecule has 4 nitrogen and oxygen atoms in total. The molecule has 4 heterocycles. The molecule has 6 atom stereocenters. The molecule has 5 aliphatic rings. The monoisotopic (exact) mass is 240 g/mol. The predicted octanol–water partition coefficient (Wildman–Crippen LogP) is 2.23. The molecule has 17 heavy (non-hydrogen) atoms. The highest BCUT2D eigenvalue weighted by Gasteiger charge is 2.64. The third-order valence-corrected chi connectivity index (χ3v) is 5.27. The molecule has 5 fully saturated rings. The molecule has 1 aliphatic carbocycles. The minimum Gasteiger partial charge on any atom is -0.349 e. The molecule has 1 saturated carbocycles. The van der Waals surface area contributed by atoms with E-state index in [0.717, 1.165) is 25.9 Å². The predicted molar refractivity (Wildman–Crippen MR) is 58.7 cm³/mol. The summed E-state index contributed by atoms with van der Waals surface area (Å²) < 4.78 is 11.8. The quantitative estimate of drug-likeness (QED) is 0.608. The third-order valence-electron chi connectivity index (χ3n) is 5.27. The Morgan fingerprint density at radius 2 is 2.00 bits per heavy atom. The van der Waals surface area contributed by atoms with Crippen LogP contribution in [0.2, 0.25) is 0 Å². The van der Waals surface area contributed by atoms with Gasteiger partial charge >= 0.3 is 0 Å². The average molecular weight is 240 g/mol. The maximum atomic E-state index is 5.92. The molecule has 96 valence electrons. The van der Waals surface area contributed by atoms with Crippen molar-refractivity contribution in [3.05, 3.63) is 0 Å². The van der Waals surface area contributed by atoms with Crippen LogP contribution in [0, 0.1) is 17.8 Å². The van der Waals surface area contributed by atoms with Gasteiger partial charge in [-0.25, -0.2) is 9.78 Å². The van der Waals surface area contributed by atoms with Crippen LogP contribution in [0.1, 0.15) is 39.0 Å². The van der Waals surface area contributed by atoms with Gasteiger partial charge in [0.1, 0.15) is 0 Å². The van der Waals surface area contributed by atoms with Crippen LogP contribution in [0.25, 0.3) is 0 Å². The van der Waals surface area contributed by atoms with Crippen LogP contribution >= 0.6 is 0 Å². The van der Waals surface area contributed by atoms with Gasteiger partial charge in [0.05, 0.1) is 6.61 Å². The van der Waals surface area contributed by atoms with E-state index in [-0.39, 0.29) is 18.2 Å². The smallest absolute Gasteiger partial charge is 0.194 e. The molecule has 0 aromatic rings. The zero-order valence-corrected chi connectivity index (χ0v) is 10.3. The van der Waals surface area contributed by atoms with Crippen molar-refractivity contribution in [3.8, 4) is 0 Å². The standard InChI is InChI=1S/C13H20O4/c1-8-2-3-9-6-7-14-12-13(9)10(8)4-5-11(15-12)16-17-13/h8-12H,2-7H2,1H3/t8-,9+,10+,11-,12?,13+/m1/s1. The second kappa shape index (κ2) is 3.67. The SMILES string of the molecule is C[C@@H]1CC[C@H]2CCOC3O[C@H]4CC[C@@H]1[C@]32OO4. The Morgan fingerprint density at radius 1 is 1.06 bits per heavy atom. The van der Waals surface area contributed by atoms with Gasteiger partial charge in [-0.3, -0.25) is 0 Å². The fraction of sp³-hybridized carbons (Fsp3) is 1.00. The lowest BCUT2D eigenvalue weighted by Gasteiger charge is -2.56. The van der Waals surface area contributed by atoms with E-state index < -0.39 is 0 Å². The van der Waals surface area contributed by atoms with E-state index in [2.05, 4.69) is 6.92 Å². The van der Waals surface area contributed by atoms with Crippen molar-refractivity contribution in [2.45, 2.75) is 57.2 Å². The van der Waals surface area contributed by atoms with Crippen LogP contribution in [0.15, 0.2) is 0 Å². The van der Waals surface area contributed by atoms with Crippen molar-refractivity contribution in [2.75, 3.05) is 6.61 Å². The van der Waals surface area contributed by atoms with Crippen LogP contribution < -0.4 is 0 Å². The maximum absolute atomic E-state index is 5.92. The summed E-state index contributed by atoms with van der Waals surface area (Å²) in [6.45, 7) is 3.14. The first-order chi connectivity index (χ1) is 8.30. The van der Waals surface area contributed by atoms with Crippen molar-refractivity contribution in [1.29, 1.82) is 0 Å². The van der Waals surface area contributed by atoms with Crippen LogP contribution in [0.4, 0.5) is 0 Å². The summed E-state index contributed by atoms with van der Waals surface area (Å²) in [5, 5.41) is 0. The van der Waals surface area contributed by atoms with Gasteiger partial charge in [0.25, 0.3) is 0 Å². The molecule has 0 N–H and O–H groups in total. The Morgan fingerprint density at radius 3 is 2.94 bits per heavy atom. The molecule has 5 rings (SSSR count). The number of ether oxygens (including phenoxy) is 2. The van der Waals surface area contributed by atoms with Crippen molar-refractivity contribution in [2.24, 2.45) is 17.8 Å². The second-order valence-electron chi connectivity index (χ2n) is 6.03. The molecule has 0 amide bonds. The molecule has 0 radical (unpaired) electrons. The number of rotatable bonds is 0. The lowest BCUT2D eigenvalue weighted by molar-refractivity contribution is -0.535. The summed E-state index contributed by atoms with van der Waals surface area (Å²) in [4.78, 5) is 11.3. The Balaban J connectivity index is 1.79. The number of hydrogen-bond donors (Lipinski definition) is 0. The minimum absolute atomic E-state index is 0.199. The van der Waals surface area contributed by atoms with Gasteiger partial charge in [0, 0.05) is 6.42 Å². The number of hydrogen-bond acceptors (Lipinski definition) is 4. The van der Waals surface area contributed by atoms with E-state index in [1.54, 1.807) is 0 Å². The Labute approximate surface area is 101 Å². The van der Waals surface area contributed by atoms with Crippen molar-refractivity contribution in [1.82, 2.24) is 0 Å². The summed E-state index contributed by atoms with van der Waals surface area (Å²) >= 11 is 0. The normalized spacial score (nSPS) is 57.4. The van der Waals surface area contributed by atoms with E-state index in [9.17, 15) is 0 Å². The zero-order valence-electron chi connectivity index (χ0n) is 10.3. The van der Waals surface area contributed by atoms with Gasteiger partial charge in [-0.2, -0.15) is 0 Å². The van der Waals surface area contributed by atoms with E-state index in [1.807, 2.05) is 0 Å². The molecule has 4 aliphatic heterocycles. The molecular weight excluding hydrogens is 220 g/mol. The Bertz CT molecular complexity index is 319. The van der Waals surface area contributed by atoms with Crippen molar-refractivity contribution < 1.29 is 19.2 Å². The minimum atomic E-state index is -0.317. The highest BCUT2D eigenvalue weighted by molar-refractivity contribution is 5.05. The van der Waals surface area contributed by atoms with Gasteiger partial charge in [-0.15, -0.1) is 0 Å². The molecule has 1 unspecified atom stereocenters. The largest absolute Gasteiger partial charge is 0.349 e. The van der Waals surface area contributed by atoms with Crippen molar-refractivity contribution in [3.63, 3.8) is 0 Å². The van der Waals surface area contributed by atoms with Gasteiger partial charge in [0.2, 0.25) is 0 Å². The first-order valence-electron chi connectivity index (χ1n) is 6.92. The van der Waals surface area contributed by atoms with E-state index >= 15 is 0 Å². The zero-order chi connectivity index (χ0) is 11.5. The molecule has 2 bridgehead atoms. The van der Waals surface area contributed by atoms with E-state index in [4.69, 9.17) is 19.2 Å². The van der Waals surface area contributed by atoms with Crippen LogP contribution in [-0.2, 0) is 19.2 Å². The first-order valence-corrected chi connectivity index (χ1v) is 6.92. The third kappa shape index (κ3) is 1.33. The second-order valence-corrected chi connectivity index (χ2v) is 6.03. The molecular formula is C13H20O4. The Hall–Kier alpha value is -0.160. The Kier molecular flexibility index (Phi) is 2.32. The summed E-state index contributed by atoms with van der Waals surface area (Å²) in [5.41, 5.74) is -0.317. The van der Waals surface area contributed by atoms with Crippen LogP contribution in [0.5, 0.6) is 0 Å². The van der Waals surface area contributed by atoms with Gasteiger partial charge in [-0.05, 0) is 43.4 Å². The average Bonchev–Trinajstić information content (AvgIpc) is 2.63. The molecule has 1 spiro atoms. The lowest BCUT2D eigenvalue weighted by Crippen LogP contribution is -2.65. The fourth-order valence-electron chi connectivity index (χ4n) is 4.38. The summed E-state index contributed by atoms with van der Waals surface area (Å²) in [6, 6.07) is 0. The lowest BCUT2D eigenvalue weighted by atomic mass is 9.61. The fourth-order valence-corrected chi connectivity index (χ4v) is 4.38. The molecule has 0 aromatic heterocycles. The maximum Gasteiger partial charge on any atom is 0.194 e. The molecule has 0 aromatic carbocycles. The van der Waals surface area contributed by atoms with E-state index in [1.165, 1.54) is 12.8 Å². The van der Waals surface area contributed by atoms with Crippen LogP contribution in [0.3, 0.4) is 0 Å². The summed E-state index contributed by atoms with van der Waals surface area (Å²) in [5.74, 6) is 1.75. The highest BCUT2D eigenvalue weighted by Crippen LogP contribution is 2.56. The molecule has 4 heteroatoms. The highest BCUT2D eigenvalue weighted by atomic mass is 17.2. The van der Waals surface area contributed by atoms with Gasteiger partial charge in [-0.1, -0.05) is 6.92 Å². The summed E-state index contributed by atoms with van der Waals surface area (Å²) in [7, 11) is 0. The van der Waals surface area contributed by atoms with E-state index in [0.29, 0.717) is 17.8 Å². The van der Waals surface area contributed by atoms with Crippen LogP contribution in [-0.4, -0.2) is 24.8 Å². The first kappa shape index (κ1) is 10.7. The topological polar surface area (TPSA) is 36.9 Å². The molecule has 4 saturated heterocycles.